The summed E-state index contributed by atoms with van der Waals surface area (Å²) in [6, 6.07) is 10.3. The van der Waals surface area contributed by atoms with Crippen LogP contribution in [-0.4, -0.2) is 32.5 Å². The maximum Gasteiger partial charge on any atom is 0.259 e. The van der Waals surface area contributed by atoms with Gasteiger partial charge in [-0.25, -0.2) is 9.67 Å². The normalized spacial score (nSPS) is 17.4. The Balaban J connectivity index is 1.72. The first-order chi connectivity index (χ1) is 12.5. The van der Waals surface area contributed by atoms with Gasteiger partial charge in [-0.3, -0.25) is 4.79 Å². The molecule has 134 valence electrons. The maximum atomic E-state index is 13.3. The number of nitrogens with zero attached hydrogens (tertiary/aromatic N) is 4. The standard InChI is InChI=1S/C20H22N4OS/c1-13(2)24-19-15(12-22-24)10-16(11-21-19)20(25)23-9-8-14(3)26-18-7-5-4-6-17(18)23/h4-7,10-14H,8-9H2,1-3H3/t14-/m0/s1. The van der Waals surface area contributed by atoms with E-state index in [0.717, 1.165) is 28.0 Å². The minimum Gasteiger partial charge on any atom is -0.307 e. The highest BCUT2D eigenvalue weighted by Gasteiger charge is 2.25. The molecule has 3 aromatic rings. The van der Waals surface area contributed by atoms with Gasteiger partial charge in [0.25, 0.3) is 5.91 Å². The van der Waals surface area contributed by atoms with Gasteiger partial charge >= 0.3 is 0 Å². The van der Waals surface area contributed by atoms with Crippen LogP contribution in [0.25, 0.3) is 11.0 Å². The van der Waals surface area contributed by atoms with Crippen molar-refractivity contribution in [2.45, 2.75) is 43.4 Å². The van der Waals surface area contributed by atoms with Crippen LogP contribution in [0.15, 0.2) is 47.6 Å². The molecule has 1 atom stereocenters. The third-order valence-electron chi connectivity index (χ3n) is 4.66. The first-order valence-electron chi connectivity index (χ1n) is 8.95. The van der Waals surface area contributed by atoms with E-state index >= 15 is 0 Å². The monoisotopic (exact) mass is 366 g/mol. The van der Waals surface area contributed by atoms with E-state index in [-0.39, 0.29) is 11.9 Å². The van der Waals surface area contributed by atoms with E-state index in [4.69, 9.17) is 0 Å². The van der Waals surface area contributed by atoms with Crippen LogP contribution >= 0.6 is 11.8 Å². The van der Waals surface area contributed by atoms with Gasteiger partial charge in [-0.05, 0) is 38.5 Å². The van der Waals surface area contributed by atoms with Gasteiger partial charge in [-0.1, -0.05) is 19.1 Å². The van der Waals surface area contributed by atoms with Crippen LogP contribution in [0.1, 0.15) is 43.6 Å². The average Bonchev–Trinajstić information content (AvgIpc) is 2.98. The molecular weight excluding hydrogens is 344 g/mol. The molecule has 1 aromatic carbocycles. The van der Waals surface area contributed by atoms with E-state index in [0.29, 0.717) is 17.4 Å². The predicted molar refractivity (Wildman–Crippen MR) is 106 cm³/mol. The molecule has 0 N–H and O–H groups in total. The van der Waals surface area contributed by atoms with Crippen LogP contribution in [0, 0.1) is 0 Å². The molecule has 0 saturated carbocycles. The second kappa shape index (κ2) is 6.76. The molecule has 0 saturated heterocycles. The van der Waals surface area contributed by atoms with Crippen LogP contribution in [0.3, 0.4) is 0 Å². The molecule has 4 rings (SSSR count). The van der Waals surface area contributed by atoms with Gasteiger partial charge in [-0.2, -0.15) is 5.10 Å². The van der Waals surface area contributed by atoms with Crippen molar-refractivity contribution in [1.82, 2.24) is 14.8 Å². The molecule has 0 aliphatic carbocycles. The number of para-hydroxylation sites is 1. The van der Waals surface area contributed by atoms with Gasteiger partial charge in [0.2, 0.25) is 0 Å². The van der Waals surface area contributed by atoms with Gasteiger partial charge in [0, 0.05) is 34.3 Å². The zero-order valence-electron chi connectivity index (χ0n) is 15.2. The largest absolute Gasteiger partial charge is 0.307 e. The number of thioether (sulfide) groups is 1. The number of rotatable bonds is 2. The van der Waals surface area contributed by atoms with Crippen LogP contribution in [0.2, 0.25) is 0 Å². The van der Waals surface area contributed by atoms with Crippen molar-refractivity contribution in [3.05, 3.63) is 48.3 Å². The molecule has 0 radical (unpaired) electrons. The number of carbonyl (C=O) groups is 1. The Bertz CT molecular complexity index is 965. The van der Waals surface area contributed by atoms with E-state index in [1.54, 1.807) is 12.4 Å². The number of carbonyl (C=O) groups excluding carboxylic acids is 1. The molecule has 0 fully saturated rings. The number of hydrogen-bond donors (Lipinski definition) is 0. The van der Waals surface area contributed by atoms with E-state index in [2.05, 4.69) is 36.9 Å². The predicted octanol–water partition coefficient (Wildman–Crippen LogP) is 4.54. The minimum absolute atomic E-state index is 0.00107. The Hall–Kier alpha value is -2.34. The molecular formula is C20H22N4OS. The highest BCUT2D eigenvalue weighted by Crippen LogP contribution is 2.37. The van der Waals surface area contributed by atoms with Crippen LogP contribution in [0.4, 0.5) is 5.69 Å². The van der Waals surface area contributed by atoms with Crippen molar-refractivity contribution >= 4 is 34.4 Å². The zero-order chi connectivity index (χ0) is 18.3. The Labute approximate surface area is 157 Å². The Morgan fingerprint density at radius 1 is 1.27 bits per heavy atom. The second-order valence-corrected chi connectivity index (χ2v) is 8.44. The number of benzene rings is 1. The smallest absolute Gasteiger partial charge is 0.259 e. The summed E-state index contributed by atoms with van der Waals surface area (Å²) in [4.78, 5) is 20.8. The maximum absolute atomic E-state index is 13.3. The van der Waals surface area contributed by atoms with E-state index in [9.17, 15) is 4.79 Å². The molecule has 5 nitrogen and oxygen atoms in total. The second-order valence-electron chi connectivity index (χ2n) is 6.96. The SMILES string of the molecule is CC(C)n1ncc2cc(C(=O)N3CC[C@H](C)Sc4ccccc43)cnc21. The number of pyridine rings is 1. The lowest BCUT2D eigenvalue weighted by molar-refractivity contribution is 0.0986. The summed E-state index contributed by atoms with van der Waals surface area (Å²) in [6.45, 7) is 7.07. The molecule has 0 unspecified atom stereocenters. The van der Waals surface area contributed by atoms with Crippen molar-refractivity contribution in [2.75, 3.05) is 11.4 Å². The fourth-order valence-corrected chi connectivity index (χ4v) is 4.40. The summed E-state index contributed by atoms with van der Waals surface area (Å²) in [6.07, 6.45) is 4.43. The molecule has 6 heteroatoms. The lowest BCUT2D eigenvalue weighted by atomic mass is 10.1. The van der Waals surface area contributed by atoms with Gasteiger partial charge in [0.1, 0.15) is 0 Å². The third kappa shape index (κ3) is 2.98. The molecule has 1 aliphatic rings. The fraction of sp³-hybridized carbons (Fsp3) is 0.350. The van der Waals surface area contributed by atoms with Crippen molar-refractivity contribution in [2.24, 2.45) is 0 Å². The Morgan fingerprint density at radius 2 is 2.08 bits per heavy atom. The number of fused-ring (bicyclic) bond motifs is 2. The summed E-state index contributed by atoms with van der Waals surface area (Å²) >= 11 is 1.84. The fourth-order valence-electron chi connectivity index (χ4n) is 3.29. The van der Waals surface area contributed by atoms with E-state index in [1.165, 1.54) is 0 Å². The van der Waals surface area contributed by atoms with Gasteiger partial charge < -0.3 is 4.90 Å². The quantitative estimate of drug-likeness (QED) is 0.668. The Morgan fingerprint density at radius 3 is 2.88 bits per heavy atom. The highest BCUT2D eigenvalue weighted by atomic mass is 32.2. The van der Waals surface area contributed by atoms with Crippen molar-refractivity contribution in [1.29, 1.82) is 0 Å². The number of aromatic nitrogens is 3. The molecule has 0 spiro atoms. The first-order valence-corrected chi connectivity index (χ1v) is 9.83. The molecule has 1 amide bonds. The summed E-state index contributed by atoms with van der Waals surface area (Å²) in [5.74, 6) is -0.00107. The topological polar surface area (TPSA) is 51.0 Å². The Kier molecular flexibility index (Phi) is 4.44. The summed E-state index contributed by atoms with van der Waals surface area (Å²) < 4.78 is 1.88. The summed E-state index contributed by atoms with van der Waals surface area (Å²) in [5.41, 5.74) is 2.41. The van der Waals surface area contributed by atoms with Gasteiger partial charge in [0.05, 0.1) is 17.4 Å². The van der Waals surface area contributed by atoms with Crippen LogP contribution in [0.5, 0.6) is 0 Å². The van der Waals surface area contributed by atoms with Gasteiger partial charge in [-0.15, -0.1) is 11.8 Å². The van der Waals surface area contributed by atoms with Crippen molar-refractivity contribution in [3.8, 4) is 0 Å². The van der Waals surface area contributed by atoms with Crippen molar-refractivity contribution < 1.29 is 4.79 Å². The first kappa shape index (κ1) is 17.1. The molecule has 2 aromatic heterocycles. The third-order valence-corrected chi connectivity index (χ3v) is 5.90. The average molecular weight is 366 g/mol. The van der Waals surface area contributed by atoms with Gasteiger partial charge in [0.15, 0.2) is 5.65 Å². The molecule has 1 aliphatic heterocycles. The number of anilines is 1. The highest BCUT2D eigenvalue weighted by molar-refractivity contribution is 8.00. The number of amides is 1. The minimum atomic E-state index is -0.00107. The zero-order valence-corrected chi connectivity index (χ0v) is 16.0. The number of hydrogen-bond acceptors (Lipinski definition) is 4. The van der Waals surface area contributed by atoms with E-state index in [1.807, 2.05) is 45.6 Å². The molecule has 26 heavy (non-hydrogen) atoms. The lowest BCUT2D eigenvalue weighted by Crippen LogP contribution is -2.32. The lowest BCUT2D eigenvalue weighted by Gasteiger charge is -2.22. The van der Waals surface area contributed by atoms with Crippen LogP contribution < -0.4 is 4.90 Å². The van der Waals surface area contributed by atoms with Crippen LogP contribution in [-0.2, 0) is 0 Å². The molecule has 0 bridgehead atoms. The summed E-state index contributed by atoms with van der Waals surface area (Å²) in [7, 11) is 0. The molecule has 3 heterocycles. The van der Waals surface area contributed by atoms with E-state index < -0.39 is 0 Å². The summed E-state index contributed by atoms with van der Waals surface area (Å²) in [5, 5.41) is 5.78. The van der Waals surface area contributed by atoms with Crippen molar-refractivity contribution in [3.63, 3.8) is 0 Å².